The first-order chi connectivity index (χ1) is 6.74. The van der Waals surface area contributed by atoms with Crippen LogP contribution in [0.25, 0.3) is 0 Å². The van der Waals surface area contributed by atoms with Crippen LogP contribution < -0.4 is 16.4 Å². The van der Waals surface area contributed by atoms with Gasteiger partial charge < -0.3 is 11.1 Å². The first kappa shape index (κ1) is 13.9. The SMILES string of the molecule is CCCCCNC(CC)NC(N)CC. The van der Waals surface area contributed by atoms with E-state index in [2.05, 4.69) is 31.4 Å². The van der Waals surface area contributed by atoms with Crippen molar-refractivity contribution in [3.05, 3.63) is 0 Å². The molecular formula is C11H27N3. The molecule has 0 heterocycles. The van der Waals surface area contributed by atoms with E-state index in [-0.39, 0.29) is 6.17 Å². The lowest BCUT2D eigenvalue weighted by molar-refractivity contribution is 0.356. The van der Waals surface area contributed by atoms with E-state index in [1.807, 2.05) is 0 Å². The highest BCUT2D eigenvalue weighted by Crippen LogP contribution is 1.94. The molecule has 0 saturated carbocycles. The summed E-state index contributed by atoms with van der Waals surface area (Å²) in [5, 5.41) is 6.84. The molecule has 86 valence electrons. The predicted octanol–water partition coefficient (Wildman–Crippen LogP) is 1.79. The molecule has 3 heteroatoms. The Labute approximate surface area is 88.8 Å². The summed E-state index contributed by atoms with van der Waals surface area (Å²) in [5.74, 6) is 0. The third-order valence-corrected chi connectivity index (χ3v) is 2.43. The first-order valence-corrected chi connectivity index (χ1v) is 5.99. The van der Waals surface area contributed by atoms with Gasteiger partial charge in [0.05, 0.1) is 12.3 Å². The molecule has 0 radical (unpaired) electrons. The normalized spacial score (nSPS) is 15.4. The van der Waals surface area contributed by atoms with Gasteiger partial charge >= 0.3 is 0 Å². The zero-order valence-corrected chi connectivity index (χ0v) is 9.97. The fourth-order valence-electron chi connectivity index (χ4n) is 1.35. The van der Waals surface area contributed by atoms with Crippen LogP contribution in [-0.4, -0.2) is 18.9 Å². The summed E-state index contributed by atoms with van der Waals surface area (Å²) in [5.41, 5.74) is 5.83. The lowest BCUT2D eigenvalue weighted by Gasteiger charge is -2.22. The van der Waals surface area contributed by atoms with E-state index in [0.717, 1.165) is 19.4 Å². The number of nitrogens with two attached hydrogens (primary N) is 1. The molecule has 2 atom stereocenters. The summed E-state index contributed by atoms with van der Waals surface area (Å²) in [7, 11) is 0. The monoisotopic (exact) mass is 201 g/mol. The molecule has 0 rings (SSSR count). The molecule has 0 amide bonds. The second-order valence-corrected chi connectivity index (χ2v) is 3.80. The lowest BCUT2D eigenvalue weighted by Crippen LogP contribution is -2.50. The topological polar surface area (TPSA) is 50.1 Å². The molecule has 4 N–H and O–H groups in total. The van der Waals surface area contributed by atoms with Crippen LogP contribution in [0.15, 0.2) is 0 Å². The lowest BCUT2D eigenvalue weighted by atomic mass is 10.2. The quantitative estimate of drug-likeness (QED) is 0.394. The summed E-state index contributed by atoms with van der Waals surface area (Å²) in [6.07, 6.45) is 6.41. The van der Waals surface area contributed by atoms with Gasteiger partial charge in [-0.15, -0.1) is 0 Å². The van der Waals surface area contributed by atoms with Gasteiger partial charge in [-0.1, -0.05) is 33.6 Å². The largest absolute Gasteiger partial charge is 0.316 e. The minimum absolute atomic E-state index is 0.124. The Morgan fingerprint density at radius 3 is 2.29 bits per heavy atom. The van der Waals surface area contributed by atoms with E-state index in [1.165, 1.54) is 19.3 Å². The van der Waals surface area contributed by atoms with Gasteiger partial charge in [-0.25, -0.2) is 0 Å². The fraction of sp³-hybridized carbons (Fsp3) is 1.00. The summed E-state index contributed by atoms with van der Waals surface area (Å²) in [6.45, 7) is 7.59. The molecular weight excluding hydrogens is 174 g/mol. The molecule has 0 aliphatic carbocycles. The van der Waals surface area contributed by atoms with Crippen LogP contribution in [0.1, 0.15) is 52.9 Å². The molecule has 3 nitrogen and oxygen atoms in total. The highest BCUT2D eigenvalue weighted by molar-refractivity contribution is 4.66. The molecule has 0 saturated heterocycles. The van der Waals surface area contributed by atoms with Gasteiger partial charge in [-0.05, 0) is 25.8 Å². The van der Waals surface area contributed by atoms with Crippen LogP contribution >= 0.6 is 0 Å². The number of unbranched alkanes of at least 4 members (excludes halogenated alkanes) is 2. The van der Waals surface area contributed by atoms with Crippen molar-refractivity contribution >= 4 is 0 Å². The third kappa shape index (κ3) is 7.30. The summed E-state index contributed by atoms with van der Waals surface area (Å²) in [6, 6.07) is 0. The molecule has 0 aliphatic rings. The standard InChI is InChI=1S/C11H27N3/c1-4-7-8-9-13-11(6-3)14-10(12)5-2/h10-11,13-14H,4-9,12H2,1-3H3. The molecule has 0 spiro atoms. The zero-order chi connectivity index (χ0) is 10.8. The molecule has 0 aromatic rings. The van der Waals surface area contributed by atoms with E-state index >= 15 is 0 Å². The van der Waals surface area contributed by atoms with E-state index in [0.29, 0.717) is 6.17 Å². The average molecular weight is 201 g/mol. The molecule has 2 unspecified atom stereocenters. The number of rotatable bonds is 9. The zero-order valence-electron chi connectivity index (χ0n) is 9.97. The fourth-order valence-corrected chi connectivity index (χ4v) is 1.35. The molecule has 0 aromatic carbocycles. The van der Waals surface area contributed by atoms with Crippen LogP contribution in [0, 0.1) is 0 Å². The maximum Gasteiger partial charge on any atom is 0.0580 e. The third-order valence-electron chi connectivity index (χ3n) is 2.43. The second kappa shape index (κ2) is 9.44. The van der Waals surface area contributed by atoms with Gasteiger partial charge in [-0.3, -0.25) is 5.32 Å². The van der Waals surface area contributed by atoms with Crippen LogP contribution in [0.4, 0.5) is 0 Å². The Bertz CT molecular complexity index is 117. The van der Waals surface area contributed by atoms with Crippen molar-refractivity contribution in [1.82, 2.24) is 10.6 Å². The average Bonchev–Trinajstić information content (AvgIpc) is 2.22. The minimum atomic E-state index is 0.124. The number of nitrogens with one attached hydrogen (secondary N) is 2. The van der Waals surface area contributed by atoms with E-state index in [9.17, 15) is 0 Å². The van der Waals surface area contributed by atoms with Gasteiger partial charge in [0.25, 0.3) is 0 Å². The van der Waals surface area contributed by atoms with Crippen molar-refractivity contribution in [3.8, 4) is 0 Å². The first-order valence-electron chi connectivity index (χ1n) is 5.99. The van der Waals surface area contributed by atoms with E-state index in [1.54, 1.807) is 0 Å². The summed E-state index contributed by atoms with van der Waals surface area (Å²) in [4.78, 5) is 0. The molecule has 14 heavy (non-hydrogen) atoms. The van der Waals surface area contributed by atoms with Crippen molar-refractivity contribution in [1.29, 1.82) is 0 Å². The van der Waals surface area contributed by atoms with Gasteiger partial charge in [0, 0.05) is 0 Å². The smallest absolute Gasteiger partial charge is 0.0580 e. The van der Waals surface area contributed by atoms with Crippen LogP contribution in [0.5, 0.6) is 0 Å². The van der Waals surface area contributed by atoms with E-state index in [4.69, 9.17) is 5.73 Å². The summed E-state index contributed by atoms with van der Waals surface area (Å²) < 4.78 is 0. The maximum atomic E-state index is 5.83. The molecule has 0 fully saturated rings. The Kier molecular flexibility index (Phi) is 9.35. The van der Waals surface area contributed by atoms with Gasteiger partial charge in [0.2, 0.25) is 0 Å². The van der Waals surface area contributed by atoms with Crippen molar-refractivity contribution in [2.45, 2.75) is 65.2 Å². The van der Waals surface area contributed by atoms with Gasteiger partial charge in [0.1, 0.15) is 0 Å². The van der Waals surface area contributed by atoms with E-state index < -0.39 is 0 Å². The summed E-state index contributed by atoms with van der Waals surface area (Å²) >= 11 is 0. The Hall–Kier alpha value is -0.120. The minimum Gasteiger partial charge on any atom is -0.316 e. The molecule has 0 aliphatic heterocycles. The second-order valence-electron chi connectivity index (χ2n) is 3.80. The number of hydrogen-bond donors (Lipinski definition) is 3. The van der Waals surface area contributed by atoms with Crippen molar-refractivity contribution in [3.63, 3.8) is 0 Å². The highest BCUT2D eigenvalue weighted by atomic mass is 15.2. The van der Waals surface area contributed by atoms with Crippen LogP contribution in [-0.2, 0) is 0 Å². The number of hydrogen-bond acceptors (Lipinski definition) is 3. The highest BCUT2D eigenvalue weighted by Gasteiger charge is 2.07. The van der Waals surface area contributed by atoms with Crippen LogP contribution in [0.2, 0.25) is 0 Å². The predicted molar refractivity (Wildman–Crippen MR) is 63.0 cm³/mol. The Balaban J connectivity index is 3.47. The maximum absolute atomic E-state index is 5.83. The Morgan fingerprint density at radius 1 is 1.07 bits per heavy atom. The van der Waals surface area contributed by atoms with Gasteiger partial charge in [0.15, 0.2) is 0 Å². The van der Waals surface area contributed by atoms with Crippen molar-refractivity contribution in [2.75, 3.05) is 6.54 Å². The molecule has 0 bridgehead atoms. The van der Waals surface area contributed by atoms with Gasteiger partial charge in [-0.2, -0.15) is 0 Å². The van der Waals surface area contributed by atoms with Crippen molar-refractivity contribution in [2.24, 2.45) is 5.73 Å². The Morgan fingerprint density at radius 2 is 1.79 bits per heavy atom. The molecule has 0 aromatic heterocycles. The van der Waals surface area contributed by atoms with Crippen LogP contribution in [0.3, 0.4) is 0 Å². The van der Waals surface area contributed by atoms with Crippen molar-refractivity contribution < 1.29 is 0 Å².